The minimum atomic E-state index is -4.44. The third-order valence-electron chi connectivity index (χ3n) is 3.32. The molecule has 1 saturated heterocycles. The van der Waals surface area contributed by atoms with E-state index < -0.39 is 17.6 Å². The third-order valence-corrected chi connectivity index (χ3v) is 3.32. The van der Waals surface area contributed by atoms with Crippen LogP contribution in [0.3, 0.4) is 0 Å². The van der Waals surface area contributed by atoms with Gasteiger partial charge >= 0.3 is 6.18 Å². The molecule has 0 amide bonds. The maximum Gasteiger partial charge on any atom is 0.416 e. The SMILES string of the molecule is CC1CCN(c2cc(C(F)(F)F)ccc2F)CCN1. The average molecular weight is 276 g/mol. The Morgan fingerprint density at radius 1 is 1.26 bits per heavy atom. The summed E-state index contributed by atoms with van der Waals surface area (Å²) in [6.07, 6.45) is -3.67. The molecule has 0 aromatic heterocycles. The molecule has 1 aromatic carbocycles. The van der Waals surface area contributed by atoms with Gasteiger partial charge in [0.15, 0.2) is 0 Å². The van der Waals surface area contributed by atoms with Crippen molar-refractivity contribution in [1.29, 1.82) is 0 Å². The molecule has 19 heavy (non-hydrogen) atoms. The van der Waals surface area contributed by atoms with E-state index in [9.17, 15) is 17.6 Å². The van der Waals surface area contributed by atoms with Gasteiger partial charge in [-0.3, -0.25) is 0 Å². The van der Waals surface area contributed by atoms with Crippen LogP contribution in [0.1, 0.15) is 18.9 Å². The van der Waals surface area contributed by atoms with Crippen molar-refractivity contribution in [2.45, 2.75) is 25.6 Å². The first kappa shape index (κ1) is 14.1. The number of halogens is 4. The number of hydrogen-bond acceptors (Lipinski definition) is 2. The molecule has 6 heteroatoms. The average Bonchev–Trinajstić information content (AvgIpc) is 2.53. The van der Waals surface area contributed by atoms with Gasteiger partial charge in [-0.15, -0.1) is 0 Å². The van der Waals surface area contributed by atoms with Gasteiger partial charge in [0, 0.05) is 25.7 Å². The van der Waals surface area contributed by atoms with Crippen LogP contribution in [0.5, 0.6) is 0 Å². The Morgan fingerprint density at radius 3 is 2.68 bits per heavy atom. The second-order valence-corrected chi connectivity index (χ2v) is 4.79. The van der Waals surface area contributed by atoms with Crippen LogP contribution in [0.15, 0.2) is 18.2 Å². The summed E-state index contributed by atoms with van der Waals surface area (Å²) < 4.78 is 51.7. The van der Waals surface area contributed by atoms with E-state index in [0.29, 0.717) is 25.7 Å². The molecule has 2 rings (SSSR count). The molecule has 2 nitrogen and oxygen atoms in total. The lowest BCUT2D eigenvalue weighted by Gasteiger charge is -2.24. The normalized spacial score (nSPS) is 21.3. The first-order chi connectivity index (χ1) is 8.88. The van der Waals surface area contributed by atoms with Crippen LogP contribution in [-0.4, -0.2) is 25.7 Å². The summed E-state index contributed by atoms with van der Waals surface area (Å²) in [7, 11) is 0. The Labute approximate surface area is 109 Å². The van der Waals surface area contributed by atoms with Gasteiger partial charge in [0.25, 0.3) is 0 Å². The number of rotatable bonds is 1. The molecule has 1 aliphatic heterocycles. The number of anilines is 1. The molecule has 1 aliphatic rings. The molecule has 1 unspecified atom stereocenters. The smallest absolute Gasteiger partial charge is 0.368 e. The van der Waals surface area contributed by atoms with Crippen LogP contribution in [0.25, 0.3) is 0 Å². The van der Waals surface area contributed by atoms with Gasteiger partial charge in [-0.25, -0.2) is 4.39 Å². The van der Waals surface area contributed by atoms with Crippen molar-refractivity contribution in [3.05, 3.63) is 29.6 Å². The lowest BCUT2D eigenvalue weighted by atomic mass is 10.1. The van der Waals surface area contributed by atoms with Gasteiger partial charge in [0.05, 0.1) is 11.3 Å². The Kier molecular flexibility index (Phi) is 3.99. The molecule has 1 atom stereocenters. The van der Waals surface area contributed by atoms with Gasteiger partial charge in [0.1, 0.15) is 5.82 Å². The topological polar surface area (TPSA) is 15.3 Å². The van der Waals surface area contributed by atoms with Crippen molar-refractivity contribution in [2.75, 3.05) is 24.5 Å². The molecule has 0 bridgehead atoms. The molecule has 0 radical (unpaired) electrons. The first-order valence-corrected chi connectivity index (χ1v) is 6.23. The zero-order valence-electron chi connectivity index (χ0n) is 10.6. The van der Waals surface area contributed by atoms with E-state index >= 15 is 0 Å². The fourth-order valence-electron chi connectivity index (χ4n) is 2.18. The van der Waals surface area contributed by atoms with Crippen LogP contribution >= 0.6 is 0 Å². The Balaban J connectivity index is 2.27. The molecule has 0 aliphatic carbocycles. The highest BCUT2D eigenvalue weighted by atomic mass is 19.4. The van der Waals surface area contributed by atoms with E-state index in [0.717, 1.165) is 24.6 Å². The molecule has 0 saturated carbocycles. The van der Waals surface area contributed by atoms with E-state index in [1.54, 1.807) is 4.90 Å². The van der Waals surface area contributed by atoms with Crippen molar-refractivity contribution in [3.8, 4) is 0 Å². The van der Waals surface area contributed by atoms with Gasteiger partial charge in [-0.2, -0.15) is 13.2 Å². The van der Waals surface area contributed by atoms with Gasteiger partial charge in [0.2, 0.25) is 0 Å². The summed E-state index contributed by atoms with van der Waals surface area (Å²) in [5, 5.41) is 3.22. The van der Waals surface area contributed by atoms with E-state index in [2.05, 4.69) is 5.32 Å². The summed E-state index contributed by atoms with van der Waals surface area (Å²) >= 11 is 0. The van der Waals surface area contributed by atoms with E-state index in [-0.39, 0.29) is 5.69 Å². The highest BCUT2D eigenvalue weighted by Crippen LogP contribution is 2.33. The van der Waals surface area contributed by atoms with Gasteiger partial charge in [-0.1, -0.05) is 0 Å². The minimum Gasteiger partial charge on any atom is -0.368 e. The van der Waals surface area contributed by atoms with Crippen molar-refractivity contribution in [1.82, 2.24) is 5.32 Å². The molecular weight excluding hydrogens is 260 g/mol. The molecular formula is C13H16F4N2. The number of hydrogen-bond donors (Lipinski definition) is 1. The Bertz CT molecular complexity index is 445. The van der Waals surface area contributed by atoms with Crippen molar-refractivity contribution in [2.24, 2.45) is 0 Å². The lowest BCUT2D eigenvalue weighted by Crippen LogP contribution is -2.29. The highest BCUT2D eigenvalue weighted by Gasteiger charge is 2.31. The van der Waals surface area contributed by atoms with Crippen LogP contribution in [0.4, 0.5) is 23.2 Å². The lowest BCUT2D eigenvalue weighted by molar-refractivity contribution is -0.137. The Hall–Kier alpha value is -1.30. The number of alkyl halides is 3. The minimum absolute atomic E-state index is 0.0331. The van der Waals surface area contributed by atoms with Crippen molar-refractivity contribution < 1.29 is 17.6 Å². The highest BCUT2D eigenvalue weighted by molar-refractivity contribution is 5.51. The first-order valence-electron chi connectivity index (χ1n) is 6.23. The second-order valence-electron chi connectivity index (χ2n) is 4.79. The van der Waals surface area contributed by atoms with Crippen LogP contribution < -0.4 is 10.2 Å². The predicted octanol–water partition coefficient (Wildman–Crippen LogP) is 3.03. The number of nitrogens with one attached hydrogen (secondary N) is 1. The molecule has 1 N–H and O–H groups in total. The number of benzene rings is 1. The van der Waals surface area contributed by atoms with Gasteiger partial charge < -0.3 is 10.2 Å². The summed E-state index contributed by atoms with van der Waals surface area (Å²) in [6, 6.07) is 2.85. The summed E-state index contributed by atoms with van der Waals surface area (Å²) in [4.78, 5) is 1.67. The van der Waals surface area contributed by atoms with E-state index in [4.69, 9.17) is 0 Å². The molecule has 0 spiro atoms. The summed E-state index contributed by atoms with van der Waals surface area (Å²) in [5.41, 5.74) is -0.778. The zero-order valence-corrected chi connectivity index (χ0v) is 10.6. The third kappa shape index (κ3) is 3.37. The Morgan fingerprint density at radius 2 is 2.00 bits per heavy atom. The second kappa shape index (κ2) is 5.36. The quantitative estimate of drug-likeness (QED) is 0.793. The van der Waals surface area contributed by atoms with Gasteiger partial charge in [-0.05, 0) is 31.5 Å². The zero-order chi connectivity index (χ0) is 14.0. The van der Waals surface area contributed by atoms with E-state index in [1.165, 1.54) is 0 Å². The monoisotopic (exact) mass is 276 g/mol. The fourth-order valence-corrected chi connectivity index (χ4v) is 2.18. The van der Waals surface area contributed by atoms with Crippen molar-refractivity contribution >= 4 is 5.69 Å². The summed E-state index contributed by atoms with van der Waals surface area (Å²) in [5.74, 6) is -0.609. The van der Waals surface area contributed by atoms with Crippen LogP contribution in [0.2, 0.25) is 0 Å². The largest absolute Gasteiger partial charge is 0.416 e. The van der Waals surface area contributed by atoms with Crippen LogP contribution in [0, 0.1) is 5.82 Å². The van der Waals surface area contributed by atoms with E-state index in [1.807, 2.05) is 6.92 Å². The predicted molar refractivity (Wildman–Crippen MR) is 65.7 cm³/mol. The molecule has 1 heterocycles. The molecule has 106 valence electrons. The molecule has 1 fully saturated rings. The maximum atomic E-state index is 13.7. The fraction of sp³-hybridized carbons (Fsp3) is 0.538. The number of nitrogens with zero attached hydrogens (tertiary/aromatic N) is 1. The van der Waals surface area contributed by atoms with Crippen LogP contribution in [-0.2, 0) is 6.18 Å². The van der Waals surface area contributed by atoms with Crippen molar-refractivity contribution in [3.63, 3.8) is 0 Å². The summed E-state index contributed by atoms with van der Waals surface area (Å²) in [6.45, 7) is 3.69. The molecule has 1 aromatic rings. The standard InChI is InChI=1S/C13H16F4N2/c1-9-4-6-19(7-5-18-9)12-8-10(13(15,16)17)2-3-11(12)14/h2-3,8-9,18H,4-7H2,1H3. The maximum absolute atomic E-state index is 13.7.